The summed E-state index contributed by atoms with van der Waals surface area (Å²) in [6.45, 7) is 6.53. The number of rotatable bonds is 46. The number of hydrogen-bond acceptors (Lipinski definition) is 6. The Morgan fingerprint density at radius 3 is 1.02 bits per heavy atom. The summed E-state index contributed by atoms with van der Waals surface area (Å²) in [5.74, 6) is -0.977. The molecule has 1 unspecified atom stereocenters. The maximum atomic E-state index is 12.8. The monoisotopic (exact) mass is 853 g/mol. The zero-order chi connectivity index (χ0) is 44.4. The molecule has 0 heterocycles. The van der Waals surface area contributed by atoms with Crippen LogP contribution in [0.15, 0.2) is 60.8 Å². The minimum absolute atomic E-state index is 0.101. The van der Waals surface area contributed by atoms with Crippen LogP contribution in [0.25, 0.3) is 0 Å². The second-order valence-corrected chi connectivity index (χ2v) is 17.1. The van der Waals surface area contributed by atoms with E-state index in [1.54, 1.807) is 0 Å². The first kappa shape index (κ1) is 58.1. The van der Waals surface area contributed by atoms with Crippen molar-refractivity contribution in [3.63, 3.8) is 0 Å². The van der Waals surface area contributed by atoms with Crippen molar-refractivity contribution in [3.05, 3.63) is 60.8 Å². The van der Waals surface area contributed by atoms with E-state index in [1.165, 1.54) is 122 Å². The van der Waals surface area contributed by atoms with E-state index >= 15 is 0 Å². The molecule has 0 rings (SSSR count). The van der Waals surface area contributed by atoms with Crippen LogP contribution in [0.1, 0.15) is 252 Å². The van der Waals surface area contributed by atoms with Gasteiger partial charge in [-0.15, -0.1) is 0 Å². The van der Waals surface area contributed by atoms with Crippen LogP contribution in [0.5, 0.6) is 0 Å². The molecule has 0 aromatic rings. The summed E-state index contributed by atoms with van der Waals surface area (Å²) in [7, 11) is 0. The third-order valence-electron chi connectivity index (χ3n) is 11.0. The predicted octanol–water partition coefficient (Wildman–Crippen LogP) is 16.9. The first-order valence-electron chi connectivity index (χ1n) is 25.8. The third kappa shape index (κ3) is 48.0. The molecule has 61 heavy (non-hydrogen) atoms. The van der Waals surface area contributed by atoms with Crippen molar-refractivity contribution in [2.45, 2.75) is 258 Å². The van der Waals surface area contributed by atoms with E-state index in [-0.39, 0.29) is 37.5 Å². The van der Waals surface area contributed by atoms with Crippen LogP contribution in [-0.2, 0) is 28.6 Å². The molecule has 0 aliphatic rings. The second-order valence-electron chi connectivity index (χ2n) is 17.1. The van der Waals surface area contributed by atoms with E-state index in [2.05, 4.69) is 81.5 Å². The standard InChI is InChI=1S/C55H96O6/c1-4-7-10-13-16-19-21-23-25-27-28-30-31-33-36-39-42-45-48-54(57)60-51-52(50-59-53(56)47-44-41-38-35-18-15-12-9-6-3)61-55(58)49-46-43-40-37-34-32-29-26-24-22-20-17-14-11-8-5-2/h25-30,32,34-35,38,52H,4-24,31,33,36-37,39-51H2,1-3H3/b27-25-,29-26-,30-28-,34-32-,38-35-. The average molecular weight is 853 g/mol. The maximum Gasteiger partial charge on any atom is 0.306 e. The first-order valence-corrected chi connectivity index (χ1v) is 25.8. The quantitative estimate of drug-likeness (QED) is 0.0200. The van der Waals surface area contributed by atoms with Crippen LogP contribution in [0, 0.1) is 0 Å². The zero-order valence-electron chi connectivity index (χ0n) is 40.2. The number of ether oxygens (including phenoxy) is 3. The molecule has 352 valence electrons. The Hall–Kier alpha value is -2.89. The Morgan fingerprint density at radius 1 is 0.328 bits per heavy atom. The van der Waals surface area contributed by atoms with Gasteiger partial charge < -0.3 is 14.2 Å². The summed E-state index contributed by atoms with van der Waals surface area (Å²) >= 11 is 0. The molecule has 0 aliphatic heterocycles. The largest absolute Gasteiger partial charge is 0.462 e. The molecule has 0 spiro atoms. The van der Waals surface area contributed by atoms with Gasteiger partial charge in [-0.25, -0.2) is 0 Å². The Morgan fingerprint density at radius 2 is 0.607 bits per heavy atom. The van der Waals surface area contributed by atoms with Gasteiger partial charge >= 0.3 is 17.9 Å². The van der Waals surface area contributed by atoms with Gasteiger partial charge in [-0.3, -0.25) is 14.4 Å². The Labute approximate surface area is 377 Å². The minimum atomic E-state index is -0.803. The maximum absolute atomic E-state index is 12.8. The second kappa shape index (κ2) is 49.8. The predicted molar refractivity (Wildman–Crippen MR) is 261 cm³/mol. The van der Waals surface area contributed by atoms with Crippen LogP contribution < -0.4 is 0 Å². The number of unbranched alkanes of at least 4 members (excludes halogenated alkanes) is 27. The molecule has 0 aliphatic carbocycles. The molecule has 6 heteroatoms. The van der Waals surface area contributed by atoms with Gasteiger partial charge in [0.05, 0.1) is 0 Å². The first-order chi connectivity index (χ1) is 30.0. The van der Waals surface area contributed by atoms with Crippen molar-refractivity contribution >= 4 is 17.9 Å². The van der Waals surface area contributed by atoms with Crippen molar-refractivity contribution in [2.75, 3.05) is 13.2 Å². The fraction of sp³-hybridized carbons (Fsp3) is 0.764. The zero-order valence-corrected chi connectivity index (χ0v) is 40.2. The normalized spacial score (nSPS) is 12.5. The van der Waals surface area contributed by atoms with E-state index in [4.69, 9.17) is 14.2 Å². The van der Waals surface area contributed by atoms with Gasteiger partial charge in [0.1, 0.15) is 13.2 Å². The molecule has 0 saturated heterocycles. The minimum Gasteiger partial charge on any atom is -0.462 e. The summed E-state index contributed by atoms with van der Waals surface area (Å²) in [6.07, 6.45) is 60.8. The summed E-state index contributed by atoms with van der Waals surface area (Å²) in [6, 6.07) is 0. The molecule has 1 atom stereocenters. The number of carbonyl (C=O) groups excluding carboxylic acids is 3. The summed E-state index contributed by atoms with van der Waals surface area (Å²) in [4.78, 5) is 37.8. The van der Waals surface area contributed by atoms with Gasteiger partial charge in [0.25, 0.3) is 0 Å². The van der Waals surface area contributed by atoms with Crippen molar-refractivity contribution in [1.29, 1.82) is 0 Å². The van der Waals surface area contributed by atoms with E-state index < -0.39 is 6.10 Å². The molecule has 0 saturated carbocycles. The molecule has 0 fully saturated rings. The molecule has 0 bridgehead atoms. The average Bonchev–Trinajstić information content (AvgIpc) is 3.26. The lowest BCUT2D eigenvalue weighted by Crippen LogP contribution is -2.30. The fourth-order valence-corrected chi connectivity index (χ4v) is 7.07. The Kier molecular flexibility index (Phi) is 47.4. The molecule has 0 amide bonds. The highest BCUT2D eigenvalue weighted by Gasteiger charge is 2.19. The highest BCUT2D eigenvalue weighted by molar-refractivity contribution is 5.71. The number of hydrogen-bond donors (Lipinski definition) is 0. The van der Waals surface area contributed by atoms with Crippen molar-refractivity contribution in [1.82, 2.24) is 0 Å². The van der Waals surface area contributed by atoms with E-state index in [1.807, 2.05) is 0 Å². The van der Waals surface area contributed by atoms with E-state index in [0.29, 0.717) is 19.3 Å². The van der Waals surface area contributed by atoms with Gasteiger partial charge in [-0.1, -0.05) is 204 Å². The number of carbonyl (C=O) groups is 3. The molecular weight excluding hydrogens is 757 g/mol. The third-order valence-corrected chi connectivity index (χ3v) is 11.0. The Balaban J connectivity index is 4.41. The molecular formula is C55H96O6. The number of esters is 3. The van der Waals surface area contributed by atoms with Crippen molar-refractivity contribution in [2.24, 2.45) is 0 Å². The highest BCUT2D eigenvalue weighted by Crippen LogP contribution is 2.13. The van der Waals surface area contributed by atoms with Gasteiger partial charge in [0.2, 0.25) is 0 Å². The molecule has 6 nitrogen and oxygen atoms in total. The lowest BCUT2D eigenvalue weighted by molar-refractivity contribution is -0.167. The summed E-state index contributed by atoms with van der Waals surface area (Å²) in [5.41, 5.74) is 0. The van der Waals surface area contributed by atoms with Crippen molar-refractivity contribution in [3.8, 4) is 0 Å². The van der Waals surface area contributed by atoms with Crippen LogP contribution in [-0.4, -0.2) is 37.2 Å². The summed E-state index contributed by atoms with van der Waals surface area (Å²) in [5, 5.41) is 0. The molecule has 0 aromatic heterocycles. The van der Waals surface area contributed by atoms with Crippen LogP contribution in [0.3, 0.4) is 0 Å². The van der Waals surface area contributed by atoms with Crippen LogP contribution in [0.2, 0.25) is 0 Å². The van der Waals surface area contributed by atoms with Crippen LogP contribution in [0.4, 0.5) is 0 Å². The van der Waals surface area contributed by atoms with Gasteiger partial charge in [0, 0.05) is 19.3 Å². The Bertz CT molecular complexity index is 1120. The SMILES string of the molecule is CCCCCC/C=C\CCCC(=O)OCC(COC(=O)CCCCCCC/C=C\C=C/CCCCCCCCC)OC(=O)CCCCC/C=C\C=C/CCCCCCCCC. The van der Waals surface area contributed by atoms with Crippen LogP contribution >= 0.6 is 0 Å². The molecule has 0 aromatic carbocycles. The fourth-order valence-electron chi connectivity index (χ4n) is 7.07. The van der Waals surface area contributed by atoms with E-state index in [9.17, 15) is 14.4 Å². The smallest absolute Gasteiger partial charge is 0.306 e. The lowest BCUT2D eigenvalue weighted by Gasteiger charge is -2.18. The topological polar surface area (TPSA) is 78.9 Å². The van der Waals surface area contributed by atoms with Gasteiger partial charge in [-0.2, -0.15) is 0 Å². The van der Waals surface area contributed by atoms with Gasteiger partial charge in [-0.05, 0) is 89.9 Å². The lowest BCUT2D eigenvalue weighted by atomic mass is 10.1. The molecule has 0 radical (unpaired) electrons. The molecule has 0 N–H and O–H groups in total. The van der Waals surface area contributed by atoms with Gasteiger partial charge in [0.15, 0.2) is 6.10 Å². The van der Waals surface area contributed by atoms with Crippen molar-refractivity contribution < 1.29 is 28.6 Å². The summed E-state index contributed by atoms with van der Waals surface area (Å²) < 4.78 is 16.7. The van der Waals surface area contributed by atoms with E-state index in [0.717, 1.165) is 83.5 Å². The number of allylic oxidation sites excluding steroid dienone is 10. The highest BCUT2D eigenvalue weighted by atomic mass is 16.6.